The van der Waals surface area contributed by atoms with E-state index in [2.05, 4.69) is 15.4 Å². The molecule has 11 heteroatoms. The lowest BCUT2D eigenvalue weighted by Crippen LogP contribution is -2.25. The molecule has 0 aliphatic rings. The van der Waals surface area contributed by atoms with Crippen molar-refractivity contribution in [3.8, 4) is 11.3 Å². The minimum absolute atomic E-state index is 0.0445. The lowest BCUT2D eigenvalue weighted by Gasteiger charge is -2.23. The van der Waals surface area contributed by atoms with Crippen molar-refractivity contribution in [2.24, 2.45) is 11.5 Å². The first-order chi connectivity index (χ1) is 14.5. The maximum absolute atomic E-state index is 12.4. The number of anilines is 2. The summed E-state index contributed by atoms with van der Waals surface area (Å²) in [4.78, 5) is 38.5. The largest absolute Gasteiger partial charge is 0.365 e. The van der Waals surface area contributed by atoms with Crippen LogP contribution in [0.4, 0.5) is 17.3 Å². The van der Waals surface area contributed by atoms with E-state index >= 15 is 0 Å². The minimum atomic E-state index is -0.752. The summed E-state index contributed by atoms with van der Waals surface area (Å²) in [6.45, 7) is 5.63. The Morgan fingerprint density at radius 2 is 1.71 bits per heavy atom. The zero-order valence-corrected chi connectivity index (χ0v) is 17.1. The Kier molecular flexibility index (Phi) is 5.43. The van der Waals surface area contributed by atoms with Crippen LogP contribution >= 0.6 is 0 Å². The van der Waals surface area contributed by atoms with E-state index in [4.69, 9.17) is 11.5 Å². The summed E-state index contributed by atoms with van der Waals surface area (Å²) in [5.74, 6) is -0.922. The van der Waals surface area contributed by atoms with Crippen molar-refractivity contribution in [2.45, 2.75) is 26.3 Å². The van der Waals surface area contributed by atoms with Crippen LogP contribution in [0.2, 0.25) is 0 Å². The molecule has 3 aromatic rings. The van der Waals surface area contributed by atoms with Crippen molar-refractivity contribution in [1.29, 1.82) is 0 Å². The average Bonchev–Trinajstić information content (AvgIpc) is 3.08. The zero-order valence-electron chi connectivity index (χ0n) is 17.1. The first kappa shape index (κ1) is 21.4. The number of amides is 2. The molecule has 0 saturated heterocycles. The second-order valence-electron chi connectivity index (χ2n) is 7.72. The third-order valence-electron chi connectivity index (χ3n) is 4.37. The van der Waals surface area contributed by atoms with Crippen LogP contribution in [0.5, 0.6) is 0 Å². The van der Waals surface area contributed by atoms with Crippen LogP contribution in [-0.4, -0.2) is 31.5 Å². The molecule has 2 aromatic heterocycles. The van der Waals surface area contributed by atoms with Crippen LogP contribution in [-0.2, 0) is 5.54 Å². The second kappa shape index (κ2) is 7.86. The number of pyridine rings is 1. The van der Waals surface area contributed by atoms with Crippen LogP contribution in [0.15, 0.2) is 42.5 Å². The lowest BCUT2D eigenvalue weighted by molar-refractivity contribution is -0.384. The molecule has 0 unspecified atom stereocenters. The number of carbonyl (C=O) groups excluding carboxylic acids is 2. The molecule has 2 amide bonds. The molecule has 3 rings (SSSR count). The van der Waals surface area contributed by atoms with Gasteiger partial charge in [0.15, 0.2) is 0 Å². The van der Waals surface area contributed by atoms with Gasteiger partial charge in [0, 0.05) is 17.7 Å². The number of non-ortho nitro benzene ring substituents is 1. The molecular weight excluding hydrogens is 402 g/mol. The number of benzene rings is 1. The number of nitrogens with zero attached hydrogens (tertiary/aromatic N) is 4. The Hall–Kier alpha value is -4.28. The van der Waals surface area contributed by atoms with Crippen molar-refractivity contribution in [1.82, 2.24) is 14.8 Å². The Labute approximate surface area is 177 Å². The topological polar surface area (TPSA) is 172 Å². The SMILES string of the molecule is CC(C)(C)n1nc(-c2ccc([N+](=O)[O-])cc2)c(C(N)=O)c1Nc1cccc(C(N)=O)n1. The van der Waals surface area contributed by atoms with Crippen molar-refractivity contribution < 1.29 is 14.5 Å². The number of hydrogen-bond acceptors (Lipinski definition) is 7. The van der Waals surface area contributed by atoms with E-state index in [-0.39, 0.29) is 34.3 Å². The van der Waals surface area contributed by atoms with Crippen LogP contribution in [0.25, 0.3) is 11.3 Å². The molecule has 1 aromatic carbocycles. The highest BCUT2D eigenvalue weighted by Gasteiger charge is 2.29. The third kappa shape index (κ3) is 4.34. The number of rotatable bonds is 6. The van der Waals surface area contributed by atoms with Crippen LogP contribution < -0.4 is 16.8 Å². The normalized spacial score (nSPS) is 11.2. The number of nitro groups is 1. The van der Waals surface area contributed by atoms with Gasteiger partial charge in [0.1, 0.15) is 28.6 Å². The number of primary amides is 2. The summed E-state index contributed by atoms with van der Waals surface area (Å²) >= 11 is 0. The van der Waals surface area contributed by atoms with Gasteiger partial charge in [-0.05, 0) is 45.0 Å². The predicted molar refractivity (Wildman–Crippen MR) is 114 cm³/mol. The molecule has 0 radical (unpaired) electrons. The molecule has 0 aliphatic carbocycles. The molecule has 0 bridgehead atoms. The Balaban J connectivity index is 2.20. The standard InChI is InChI=1S/C20H21N7O4/c1-20(2,3)26-19(24-14-6-4-5-13(23-14)17(21)28)15(18(22)29)16(25-26)11-7-9-12(10-8-11)27(30)31/h4-10H,1-3H3,(H2,21,28)(H2,22,29)(H,23,24). The number of nitrogens with one attached hydrogen (secondary N) is 1. The Bertz CT molecular complexity index is 1180. The molecule has 0 atom stereocenters. The summed E-state index contributed by atoms with van der Waals surface area (Å²) in [6, 6.07) is 10.3. The fourth-order valence-electron chi connectivity index (χ4n) is 2.96. The lowest BCUT2D eigenvalue weighted by atomic mass is 10.1. The zero-order chi connectivity index (χ0) is 22.9. The Morgan fingerprint density at radius 1 is 1.06 bits per heavy atom. The van der Waals surface area contributed by atoms with Crippen molar-refractivity contribution in [2.75, 3.05) is 5.32 Å². The van der Waals surface area contributed by atoms with E-state index < -0.39 is 22.3 Å². The molecule has 0 saturated carbocycles. The first-order valence-corrected chi connectivity index (χ1v) is 9.21. The highest BCUT2D eigenvalue weighted by Crippen LogP contribution is 2.34. The quantitative estimate of drug-likeness (QED) is 0.403. The fraction of sp³-hybridized carbons (Fsp3) is 0.200. The number of carbonyl (C=O) groups is 2. The van der Waals surface area contributed by atoms with E-state index in [1.165, 1.54) is 30.3 Å². The van der Waals surface area contributed by atoms with Gasteiger partial charge in [-0.2, -0.15) is 5.10 Å². The van der Waals surface area contributed by atoms with E-state index in [1.807, 2.05) is 20.8 Å². The van der Waals surface area contributed by atoms with Gasteiger partial charge in [0.05, 0.1) is 10.5 Å². The molecule has 0 fully saturated rings. The summed E-state index contributed by atoms with van der Waals surface area (Å²) < 4.78 is 1.57. The summed E-state index contributed by atoms with van der Waals surface area (Å²) in [5, 5.41) is 18.5. The molecule has 0 aliphatic heterocycles. The number of nitro benzene ring substituents is 1. The number of hydrogen-bond donors (Lipinski definition) is 3. The second-order valence-corrected chi connectivity index (χ2v) is 7.72. The maximum atomic E-state index is 12.4. The molecule has 11 nitrogen and oxygen atoms in total. The van der Waals surface area contributed by atoms with E-state index in [0.717, 1.165) is 0 Å². The molecule has 2 heterocycles. The highest BCUT2D eigenvalue weighted by molar-refractivity contribution is 6.04. The van der Waals surface area contributed by atoms with Gasteiger partial charge in [-0.15, -0.1) is 0 Å². The summed E-state index contributed by atoms with van der Waals surface area (Å²) in [5.41, 5.74) is 11.2. The minimum Gasteiger partial charge on any atom is -0.365 e. The predicted octanol–water partition coefficient (Wildman–Crippen LogP) is 2.55. The van der Waals surface area contributed by atoms with Crippen LogP contribution in [0.3, 0.4) is 0 Å². The van der Waals surface area contributed by atoms with Crippen molar-refractivity contribution in [3.05, 3.63) is 63.8 Å². The van der Waals surface area contributed by atoms with Crippen molar-refractivity contribution >= 4 is 29.1 Å². The van der Waals surface area contributed by atoms with Crippen LogP contribution in [0.1, 0.15) is 41.6 Å². The molecular formula is C20H21N7O4. The monoisotopic (exact) mass is 423 g/mol. The summed E-state index contributed by atoms with van der Waals surface area (Å²) in [6.07, 6.45) is 0. The summed E-state index contributed by atoms with van der Waals surface area (Å²) in [7, 11) is 0. The van der Waals surface area contributed by atoms with E-state index in [1.54, 1.807) is 16.8 Å². The van der Waals surface area contributed by atoms with Gasteiger partial charge in [-0.25, -0.2) is 9.67 Å². The molecule has 160 valence electrons. The maximum Gasteiger partial charge on any atom is 0.269 e. The van der Waals surface area contributed by atoms with Crippen molar-refractivity contribution in [3.63, 3.8) is 0 Å². The van der Waals surface area contributed by atoms with Crippen LogP contribution in [0, 0.1) is 10.1 Å². The third-order valence-corrected chi connectivity index (χ3v) is 4.37. The van der Waals surface area contributed by atoms with Gasteiger partial charge in [0.2, 0.25) is 0 Å². The molecule has 31 heavy (non-hydrogen) atoms. The van der Waals surface area contributed by atoms with Gasteiger partial charge >= 0.3 is 0 Å². The highest BCUT2D eigenvalue weighted by atomic mass is 16.6. The first-order valence-electron chi connectivity index (χ1n) is 9.21. The van der Waals surface area contributed by atoms with Gasteiger partial charge in [-0.1, -0.05) is 6.07 Å². The van der Waals surface area contributed by atoms with E-state index in [0.29, 0.717) is 5.56 Å². The molecule has 5 N–H and O–H groups in total. The smallest absolute Gasteiger partial charge is 0.269 e. The molecule has 0 spiro atoms. The van der Waals surface area contributed by atoms with Gasteiger partial charge in [0.25, 0.3) is 17.5 Å². The number of aromatic nitrogens is 3. The van der Waals surface area contributed by atoms with Gasteiger partial charge in [-0.3, -0.25) is 19.7 Å². The van der Waals surface area contributed by atoms with Gasteiger partial charge < -0.3 is 16.8 Å². The number of nitrogens with two attached hydrogens (primary N) is 2. The average molecular weight is 423 g/mol. The van der Waals surface area contributed by atoms with E-state index in [9.17, 15) is 19.7 Å². The Morgan fingerprint density at radius 3 is 2.23 bits per heavy atom. The fourth-order valence-corrected chi connectivity index (χ4v) is 2.96.